The van der Waals surface area contributed by atoms with Crippen molar-refractivity contribution < 1.29 is 14.3 Å². The first-order valence-corrected chi connectivity index (χ1v) is 9.63. The summed E-state index contributed by atoms with van der Waals surface area (Å²) in [6.07, 6.45) is 3.29. The van der Waals surface area contributed by atoms with Crippen LogP contribution in [0, 0.1) is 6.92 Å². The Bertz CT molecular complexity index is 790. The number of aryl methyl sites for hydroxylation is 1. The van der Waals surface area contributed by atoms with Crippen LogP contribution in [-0.2, 0) is 11.3 Å². The van der Waals surface area contributed by atoms with Crippen molar-refractivity contribution in [3.05, 3.63) is 45.9 Å². The van der Waals surface area contributed by atoms with E-state index >= 15 is 0 Å². The fourth-order valence-corrected chi connectivity index (χ4v) is 3.85. The molecule has 3 rings (SSSR count). The third-order valence-electron chi connectivity index (χ3n) is 4.31. The zero-order valence-corrected chi connectivity index (χ0v) is 15.8. The number of thiazole rings is 1. The summed E-state index contributed by atoms with van der Waals surface area (Å²) in [5, 5.41) is 3.91. The van der Waals surface area contributed by atoms with Crippen LogP contribution in [0.2, 0.25) is 0 Å². The van der Waals surface area contributed by atoms with Gasteiger partial charge in [-0.15, -0.1) is 11.3 Å². The average molecular weight is 373 g/mol. The Balaban J connectivity index is 1.65. The minimum atomic E-state index is -0.424. The Morgan fingerprint density at radius 2 is 2.27 bits per heavy atom. The lowest BCUT2D eigenvalue weighted by atomic mass is 10.1. The molecule has 1 aliphatic heterocycles. The number of aromatic nitrogens is 1. The average Bonchev–Trinajstić information content (AvgIpc) is 3.28. The van der Waals surface area contributed by atoms with Gasteiger partial charge in [-0.25, -0.2) is 4.98 Å². The van der Waals surface area contributed by atoms with Crippen molar-refractivity contribution >= 4 is 23.2 Å². The summed E-state index contributed by atoms with van der Waals surface area (Å²) in [6, 6.07) is 6.70. The molecule has 1 fully saturated rings. The minimum Gasteiger partial charge on any atom is -0.494 e. The molecule has 138 valence electrons. The highest BCUT2D eigenvalue weighted by Gasteiger charge is 2.34. The number of nitrogens with one attached hydrogen (secondary N) is 1. The van der Waals surface area contributed by atoms with Gasteiger partial charge in [0, 0.05) is 23.2 Å². The highest BCUT2D eigenvalue weighted by Crippen LogP contribution is 2.22. The minimum absolute atomic E-state index is 0.108. The summed E-state index contributed by atoms with van der Waals surface area (Å²) in [5.74, 6) is 0.430. The second-order valence-corrected chi connectivity index (χ2v) is 7.50. The van der Waals surface area contributed by atoms with Crippen LogP contribution in [0.15, 0.2) is 30.5 Å². The van der Waals surface area contributed by atoms with Crippen molar-refractivity contribution in [3.8, 4) is 5.75 Å². The molecule has 2 aromatic rings. The zero-order chi connectivity index (χ0) is 18.5. The van der Waals surface area contributed by atoms with Crippen molar-refractivity contribution in [1.29, 1.82) is 0 Å². The SMILES string of the molecule is CCOc1cccc(C(=O)N2CCC[C@H]2C(=O)NCc2cnc(C)s2)c1. The van der Waals surface area contributed by atoms with Gasteiger partial charge < -0.3 is 15.0 Å². The number of amides is 2. The van der Waals surface area contributed by atoms with E-state index in [9.17, 15) is 9.59 Å². The number of nitrogens with zero attached hydrogens (tertiary/aromatic N) is 2. The van der Waals surface area contributed by atoms with Gasteiger partial charge in [-0.05, 0) is 44.9 Å². The molecular formula is C19H23N3O3S. The van der Waals surface area contributed by atoms with E-state index in [1.54, 1.807) is 40.6 Å². The maximum absolute atomic E-state index is 12.9. The molecule has 0 aliphatic carbocycles. The lowest BCUT2D eigenvalue weighted by Crippen LogP contribution is -2.45. The van der Waals surface area contributed by atoms with Gasteiger partial charge in [-0.1, -0.05) is 6.07 Å². The van der Waals surface area contributed by atoms with Crippen LogP contribution in [0.3, 0.4) is 0 Å². The van der Waals surface area contributed by atoms with E-state index in [-0.39, 0.29) is 11.8 Å². The standard InChI is InChI=1S/C19H23N3O3S/c1-3-25-15-7-4-6-14(10-15)19(24)22-9-5-8-17(22)18(23)21-12-16-11-20-13(2)26-16/h4,6-7,10-11,17H,3,5,8-9,12H2,1-2H3,(H,21,23)/t17-/m0/s1. The number of hydrogen-bond donors (Lipinski definition) is 1. The normalized spacial score (nSPS) is 16.5. The molecular weight excluding hydrogens is 350 g/mol. The van der Waals surface area contributed by atoms with Gasteiger partial charge in [0.1, 0.15) is 11.8 Å². The highest BCUT2D eigenvalue weighted by molar-refractivity contribution is 7.11. The number of rotatable bonds is 6. The summed E-state index contributed by atoms with van der Waals surface area (Å²) < 4.78 is 5.47. The molecule has 1 aliphatic rings. The second-order valence-electron chi connectivity index (χ2n) is 6.18. The largest absolute Gasteiger partial charge is 0.494 e. The molecule has 0 unspecified atom stereocenters. The molecule has 0 bridgehead atoms. The van der Waals surface area contributed by atoms with Crippen LogP contribution in [0.5, 0.6) is 5.75 Å². The highest BCUT2D eigenvalue weighted by atomic mass is 32.1. The van der Waals surface area contributed by atoms with Crippen LogP contribution in [0.1, 0.15) is 40.0 Å². The summed E-state index contributed by atoms with van der Waals surface area (Å²) in [6.45, 7) is 5.42. The molecule has 1 saturated heterocycles. The predicted molar refractivity (Wildman–Crippen MR) is 100 cm³/mol. The smallest absolute Gasteiger partial charge is 0.254 e. The van der Waals surface area contributed by atoms with Crippen molar-refractivity contribution in [2.24, 2.45) is 0 Å². The molecule has 0 saturated carbocycles. The lowest BCUT2D eigenvalue weighted by Gasteiger charge is -2.24. The summed E-state index contributed by atoms with van der Waals surface area (Å²) in [5.41, 5.74) is 0.550. The topological polar surface area (TPSA) is 71.5 Å². The van der Waals surface area contributed by atoms with Crippen molar-refractivity contribution in [2.45, 2.75) is 39.3 Å². The Hall–Kier alpha value is -2.41. The van der Waals surface area contributed by atoms with Crippen molar-refractivity contribution in [2.75, 3.05) is 13.2 Å². The van der Waals surface area contributed by atoms with Gasteiger partial charge in [0.05, 0.1) is 18.2 Å². The van der Waals surface area contributed by atoms with E-state index in [0.29, 0.717) is 37.4 Å². The summed E-state index contributed by atoms with van der Waals surface area (Å²) >= 11 is 1.56. The fourth-order valence-electron chi connectivity index (χ4n) is 3.11. The molecule has 1 N–H and O–H groups in total. The van der Waals surface area contributed by atoms with E-state index in [4.69, 9.17) is 4.74 Å². The Morgan fingerprint density at radius 1 is 1.42 bits per heavy atom. The van der Waals surface area contributed by atoms with Gasteiger partial charge >= 0.3 is 0 Å². The maximum Gasteiger partial charge on any atom is 0.254 e. The van der Waals surface area contributed by atoms with Gasteiger partial charge in [-0.2, -0.15) is 0 Å². The van der Waals surface area contributed by atoms with E-state index in [0.717, 1.165) is 16.3 Å². The molecule has 0 spiro atoms. The first kappa shape index (κ1) is 18.4. The van der Waals surface area contributed by atoms with Gasteiger partial charge in [0.25, 0.3) is 5.91 Å². The number of hydrogen-bond acceptors (Lipinski definition) is 5. The van der Waals surface area contributed by atoms with E-state index in [2.05, 4.69) is 10.3 Å². The number of ether oxygens (including phenoxy) is 1. The van der Waals surface area contributed by atoms with Crippen LogP contribution in [0.25, 0.3) is 0 Å². The number of carbonyl (C=O) groups excluding carboxylic acids is 2. The van der Waals surface area contributed by atoms with E-state index in [1.807, 2.05) is 19.9 Å². The number of carbonyl (C=O) groups is 2. The van der Waals surface area contributed by atoms with Gasteiger partial charge in [-0.3, -0.25) is 9.59 Å². The molecule has 1 aromatic carbocycles. The third-order valence-corrected chi connectivity index (χ3v) is 5.23. The van der Waals surface area contributed by atoms with Crippen LogP contribution in [-0.4, -0.2) is 40.9 Å². The first-order valence-electron chi connectivity index (χ1n) is 8.81. The zero-order valence-electron chi connectivity index (χ0n) is 15.0. The second kappa shape index (κ2) is 8.31. The number of benzene rings is 1. The molecule has 7 heteroatoms. The molecule has 6 nitrogen and oxygen atoms in total. The van der Waals surface area contributed by atoms with Crippen molar-refractivity contribution in [1.82, 2.24) is 15.2 Å². The predicted octanol–water partition coefficient (Wildman–Crippen LogP) is 2.77. The third kappa shape index (κ3) is 4.22. The molecule has 26 heavy (non-hydrogen) atoms. The molecule has 0 radical (unpaired) electrons. The van der Waals surface area contributed by atoms with Gasteiger partial charge in [0.15, 0.2) is 0 Å². The first-order chi connectivity index (χ1) is 12.6. The van der Waals surface area contributed by atoms with Crippen LogP contribution < -0.4 is 10.1 Å². The fraction of sp³-hybridized carbons (Fsp3) is 0.421. The van der Waals surface area contributed by atoms with Crippen LogP contribution >= 0.6 is 11.3 Å². The molecule has 2 amide bonds. The maximum atomic E-state index is 12.9. The lowest BCUT2D eigenvalue weighted by molar-refractivity contribution is -0.125. The summed E-state index contributed by atoms with van der Waals surface area (Å²) in [7, 11) is 0. The van der Waals surface area contributed by atoms with Gasteiger partial charge in [0.2, 0.25) is 5.91 Å². The van der Waals surface area contributed by atoms with Crippen LogP contribution in [0.4, 0.5) is 0 Å². The van der Waals surface area contributed by atoms with E-state index in [1.165, 1.54) is 0 Å². The Morgan fingerprint density at radius 3 is 3.00 bits per heavy atom. The Labute approximate surface area is 157 Å². The number of likely N-dealkylation sites (tertiary alicyclic amines) is 1. The monoisotopic (exact) mass is 373 g/mol. The molecule has 1 aromatic heterocycles. The summed E-state index contributed by atoms with van der Waals surface area (Å²) in [4.78, 5) is 32.3. The van der Waals surface area contributed by atoms with E-state index < -0.39 is 6.04 Å². The quantitative estimate of drug-likeness (QED) is 0.845. The molecule has 1 atom stereocenters. The molecule has 2 heterocycles. The Kier molecular flexibility index (Phi) is 5.88. The van der Waals surface area contributed by atoms with Crippen molar-refractivity contribution in [3.63, 3.8) is 0 Å².